The zero-order valence-corrected chi connectivity index (χ0v) is 17.4. The second kappa shape index (κ2) is 9.14. The quantitative estimate of drug-likeness (QED) is 0.415. The minimum absolute atomic E-state index is 0.0436. The maximum atomic E-state index is 13.2. The Morgan fingerprint density at radius 1 is 1.07 bits per heavy atom. The summed E-state index contributed by atoms with van der Waals surface area (Å²) in [6.45, 7) is 0.561. The number of anilines is 1. The lowest BCUT2D eigenvalue weighted by Crippen LogP contribution is -2.49. The highest BCUT2D eigenvalue weighted by molar-refractivity contribution is 7.91. The van der Waals surface area contributed by atoms with Crippen molar-refractivity contribution in [3.63, 3.8) is 0 Å². The number of carbonyl (C=O) groups excluding carboxylic acids is 2. The highest BCUT2D eigenvalue weighted by atomic mass is 32.2. The summed E-state index contributed by atoms with van der Waals surface area (Å²) >= 11 is 0. The van der Waals surface area contributed by atoms with Crippen molar-refractivity contribution in [1.29, 1.82) is 0 Å². The highest BCUT2D eigenvalue weighted by Crippen LogP contribution is 2.23. The van der Waals surface area contributed by atoms with Gasteiger partial charge in [0.2, 0.25) is 0 Å². The third kappa shape index (κ3) is 5.08. The number of carbonyl (C=O) groups is 2. The van der Waals surface area contributed by atoms with Gasteiger partial charge in [0.15, 0.2) is 9.84 Å². The van der Waals surface area contributed by atoms with Crippen molar-refractivity contribution in [1.82, 2.24) is 10.3 Å². The van der Waals surface area contributed by atoms with Crippen LogP contribution in [0.1, 0.15) is 15.9 Å². The van der Waals surface area contributed by atoms with E-state index < -0.39 is 15.7 Å². The van der Waals surface area contributed by atoms with E-state index in [-0.39, 0.29) is 37.2 Å². The van der Waals surface area contributed by atoms with Crippen LogP contribution < -0.4 is 20.9 Å². The summed E-state index contributed by atoms with van der Waals surface area (Å²) in [4.78, 5) is 28.0. The number of nitrogens with zero attached hydrogens (tertiary/aromatic N) is 2. The number of hydrazine groups is 1. The summed E-state index contributed by atoms with van der Waals surface area (Å²) in [5.74, 6) is 5.32. The molecule has 3 N–H and O–H groups in total. The number of nitrogens with two attached hydrogens (primary N) is 1. The van der Waals surface area contributed by atoms with E-state index in [1.807, 2.05) is 0 Å². The lowest BCUT2D eigenvalue weighted by molar-refractivity contribution is 0.0953. The van der Waals surface area contributed by atoms with Crippen LogP contribution in [0.4, 0.5) is 10.5 Å². The first-order chi connectivity index (χ1) is 14.3. The van der Waals surface area contributed by atoms with Crippen LogP contribution >= 0.6 is 0 Å². The van der Waals surface area contributed by atoms with Crippen molar-refractivity contribution in [2.24, 2.45) is 5.84 Å². The topological polar surface area (TPSA) is 122 Å². The first-order valence-corrected chi connectivity index (χ1v) is 11.2. The number of amides is 3. The highest BCUT2D eigenvalue weighted by Gasteiger charge is 2.29. The lowest BCUT2D eigenvalue weighted by Gasteiger charge is -2.33. The second-order valence-corrected chi connectivity index (χ2v) is 9.18. The number of benzene rings is 2. The van der Waals surface area contributed by atoms with Gasteiger partial charge < -0.3 is 9.64 Å². The molecule has 30 heavy (non-hydrogen) atoms. The molecule has 0 atom stereocenters. The van der Waals surface area contributed by atoms with Crippen molar-refractivity contribution in [2.75, 3.05) is 36.6 Å². The first kappa shape index (κ1) is 21.6. The maximum Gasteiger partial charge on any atom is 0.324 e. The fraction of sp³-hybridized carbons (Fsp3) is 0.300. The minimum atomic E-state index is -3.10. The molecule has 1 heterocycles. The molecule has 3 rings (SSSR count). The van der Waals surface area contributed by atoms with Gasteiger partial charge in [-0.15, -0.1) is 0 Å². The summed E-state index contributed by atoms with van der Waals surface area (Å²) in [6.07, 6.45) is 0. The summed E-state index contributed by atoms with van der Waals surface area (Å²) in [5, 5.41) is 0. The monoisotopic (exact) mass is 432 g/mol. The molecule has 0 radical (unpaired) electrons. The molecule has 0 bridgehead atoms. The molecule has 160 valence electrons. The van der Waals surface area contributed by atoms with E-state index in [0.717, 1.165) is 5.56 Å². The Labute approximate surface area is 175 Å². The SMILES string of the molecule is COc1ccc(N(Cc2ccc(C(=O)NN)cc2)C(=O)N2CCS(=O)(=O)CC2)cc1. The number of sulfone groups is 1. The van der Waals surface area contributed by atoms with E-state index in [4.69, 9.17) is 10.6 Å². The molecule has 9 nitrogen and oxygen atoms in total. The van der Waals surface area contributed by atoms with E-state index in [1.165, 1.54) is 0 Å². The van der Waals surface area contributed by atoms with Crippen LogP contribution in [0.5, 0.6) is 5.75 Å². The third-order valence-electron chi connectivity index (χ3n) is 4.92. The van der Waals surface area contributed by atoms with E-state index in [0.29, 0.717) is 17.0 Å². The molecule has 1 saturated heterocycles. The van der Waals surface area contributed by atoms with E-state index in [9.17, 15) is 18.0 Å². The number of urea groups is 1. The van der Waals surface area contributed by atoms with Crippen molar-refractivity contribution in [3.8, 4) is 5.75 Å². The predicted octanol–water partition coefficient (Wildman–Crippen LogP) is 1.16. The smallest absolute Gasteiger partial charge is 0.324 e. The Morgan fingerprint density at radius 3 is 2.20 bits per heavy atom. The van der Waals surface area contributed by atoms with Gasteiger partial charge in [0.05, 0.1) is 25.2 Å². The fourth-order valence-electron chi connectivity index (χ4n) is 3.13. The van der Waals surface area contributed by atoms with Crippen LogP contribution in [-0.4, -0.2) is 57.0 Å². The molecule has 1 aliphatic rings. The molecular formula is C20H24N4O5S. The summed E-state index contributed by atoms with van der Waals surface area (Å²) < 4.78 is 28.6. The number of nitrogens with one attached hydrogen (secondary N) is 1. The second-order valence-electron chi connectivity index (χ2n) is 6.88. The van der Waals surface area contributed by atoms with Crippen molar-refractivity contribution in [3.05, 3.63) is 59.7 Å². The van der Waals surface area contributed by atoms with Crippen molar-refractivity contribution < 1.29 is 22.7 Å². The third-order valence-corrected chi connectivity index (χ3v) is 6.53. The lowest BCUT2D eigenvalue weighted by atomic mass is 10.1. The van der Waals surface area contributed by atoms with Gasteiger partial charge in [0, 0.05) is 24.3 Å². The summed E-state index contributed by atoms with van der Waals surface area (Å²) in [7, 11) is -1.54. The molecule has 0 aromatic heterocycles. The van der Waals surface area contributed by atoms with Crippen molar-refractivity contribution >= 4 is 27.5 Å². The molecule has 0 unspecified atom stereocenters. The fourth-order valence-corrected chi connectivity index (χ4v) is 4.33. The van der Waals surface area contributed by atoms with Crippen LogP contribution in [0.25, 0.3) is 0 Å². The number of nitrogen functional groups attached to an aromatic ring is 1. The minimum Gasteiger partial charge on any atom is -0.497 e. The number of rotatable bonds is 5. The molecule has 10 heteroatoms. The Bertz CT molecular complexity index is 992. The van der Waals surface area contributed by atoms with Gasteiger partial charge >= 0.3 is 6.03 Å². The van der Waals surface area contributed by atoms with E-state index >= 15 is 0 Å². The molecule has 2 aromatic rings. The first-order valence-electron chi connectivity index (χ1n) is 9.34. The van der Waals surface area contributed by atoms with Crippen molar-refractivity contribution in [2.45, 2.75) is 6.54 Å². The Balaban J connectivity index is 1.85. The number of methoxy groups -OCH3 is 1. The van der Waals surface area contributed by atoms with Gasteiger partial charge in [-0.3, -0.25) is 15.1 Å². The molecule has 3 amide bonds. The Hall–Kier alpha value is -3.11. The van der Waals surface area contributed by atoms with Gasteiger partial charge in [-0.25, -0.2) is 19.1 Å². The average Bonchev–Trinajstić information content (AvgIpc) is 2.77. The zero-order valence-electron chi connectivity index (χ0n) is 16.6. The largest absolute Gasteiger partial charge is 0.497 e. The van der Waals surface area contributed by atoms with Crippen LogP contribution in [0.15, 0.2) is 48.5 Å². The van der Waals surface area contributed by atoms with Gasteiger partial charge in [-0.05, 0) is 42.0 Å². The molecule has 1 aliphatic heterocycles. The molecule has 0 spiro atoms. The predicted molar refractivity (Wildman–Crippen MR) is 113 cm³/mol. The maximum absolute atomic E-state index is 13.2. The number of hydrogen-bond acceptors (Lipinski definition) is 6. The molecule has 1 fully saturated rings. The van der Waals surface area contributed by atoms with Gasteiger partial charge in [-0.1, -0.05) is 12.1 Å². The van der Waals surface area contributed by atoms with Crippen LogP contribution in [0.3, 0.4) is 0 Å². The average molecular weight is 433 g/mol. The van der Waals surface area contributed by atoms with Crippen LogP contribution in [0.2, 0.25) is 0 Å². The van der Waals surface area contributed by atoms with Gasteiger partial charge in [0.25, 0.3) is 5.91 Å². The number of ether oxygens (including phenoxy) is 1. The van der Waals surface area contributed by atoms with Gasteiger partial charge in [-0.2, -0.15) is 0 Å². The zero-order chi connectivity index (χ0) is 21.7. The molecule has 0 saturated carbocycles. The molecule has 0 aliphatic carbocycles. The van der Waals surface area contributed by atoms with E-state index in [2.05, 4.69) is 5.43 Å². The Kier molecular flexibility index (Phi) is 6.58. The Morgan fingerprint density at radius 2 is 1.67 bits per heavy atom. The number of hydrogen-bond donors (Lipinski definition) is 2. The van der Waals surface area contributed by atoms with E-state index in [1.54, 1.807) is 65.4 Å². The normalized spacial score (nSPS) is 15.3. The molecular weight excluding hydrogens is 408 g/mol. The van der Waals surface area contributed by atoms with Gasteiger partial charge in [0.1, 0.15) is 5.75 Å². The standard InChI is InChI=1S/C20H24N4O5S/c1-29-18-8-6-17(7-9-18)24(20(26)23-10-12-30(27,28)13-11-23)14-15-2-4-16(5-3-15)19(25)22-21/h2-9H,10-14,21H2,1H3,(H,22,25). The molecule has 2 aromatic carbocycles. The van der Waals surface area contributed by atoms with Crippen LogP contribution in [-0.2, 0) is 16.4 Å². The summed E-state index contributed by atoms with van der Waals surface area (Å²) in [6, 6.07) is 13.5. The van der Waals surface area contributed by atoms with Crippen LogP contribution in [0, 0.1) is 0 Å². The summed E-state index contributed by atoms with van der Waals surface area (Å²) in [5.41, 5.74) is 3.94.